The first kappa shape index (κ1) is 15.9. The first-order chi connectivity index (χ1) is 9.43. The van der Waals surface area contributed by atoms with Gasteiger partial charge in [-0.1, -0.05) is 13.3 Å². The number of hydrogen-bond donors (Lipinski definition) is 1. The van der Waals surface area contributed by atoms with Crippen molar-refractivity contribution in [3.05, 3.63) is 27.9 Å². The van der Waals surface area contributed by atoms with Crippen LogP contribution in [0.25, 0.3) is 0 Å². The molecule has 1 amide bonds. The van der Waals surface area contributed by atoms with Crippen molar-refractivity contribution in [1.82, 2.24) is 10.3 Å². The third-order valence-electron chi connectivity index (χ3n) is 2.64. The minimum absolute atomic E-state index is 0.00102. The van der Waals surface area contributed by atoms with Gasteiger partial charge < -0.3 is 20.2 Å². The third kappa shape index (κ3) is 4.83. The molecule has 0 saturated heterocycles. The predicted molar refractivity (Wildman–Crippen MR) is 73.6 cm³/mol. The zero-order valence-electron chi connectivity index (χ0n) is 11.9. The fraction of sp³-hybridized carbons (Fsp3) is 0.538. The second kappa shape index (κ2) is 7.42. The van der Waals surface area contributed by atoms with Gasteiger partial charge >= 0.3 is 5.82 Å². The van der Waals surface area contributed by atoms with E-state index in [-0.39, 0.29) is 30.1 Å². The summed E-state index contributed by atoms with van der Waals surface area (Å²) in [5.41, 5.74) is 0.519. The van der Waals surface area contributed by atoms with Crippen molar-refractivity contribution in [2.45, 2.75) is 39.7 Å². The van der Waals surface area contributed by atoms with Crippen LogP contribution in [-0.4, -0.2) is 28.5 Å². The van der Waals surface area contributed by atoms with Crippen molar-refractivity contribution in [3.8, 4) is 5.75 Å². The molecule has 1 heterocycles. The first-order valence-electron chi connectivity index (χ1n) is 6.48. The minimum Gasteiger partial charge on any atom is -0.476 e. The number of hydrogen-bond acceptors (Lipinski definition) is 5. The molecule has 20 heavy (non-hydrogen) atoms. The molecule has 0 fully saturated rings. The van der Waals surface area contributed by atoms with Crippen LogP contribution in [0.3, 0.4) is 0 Å². The number of carbonyl (C=O) groups is 1. The lowest BCUT2D eigenvalue weighted by atomic mass is 10.2. The number of aryl methyl sites for hydroxylation is 1. The lowest BCUT2D eigenvalue weighted by molar-refractivity contribution is -0.390. The zero-order valence-corrected chi connectivity index (χ0v) is 11.9. The van der Waals surface area contributed by atoms with E-state index in [1.807, 2.05) is 13.8 Å². The number of rotatable bonds is 7. The van der Waals surface area contributed by atoms with Gasteiger partial charge in [0.2, 0.25) is 5.75 Å². The molecule has 1 aromatic heterocycles. The van der Waals surface area contributed by atoms with Crippen molar-refractivity contribution < 1.29 is 14.5 Å². The van der Waals surface area contributed by atoms with E-state index in [2.05, 4.69) is 10.3 Å². The van der Waals surface area contributed by atoms with Crippen molar-refractivity contribution >= 4 is 11.7 Å². The maximum Gasteiger partial charge on any atom is 0.406 e. The van der Waals surface area contributed by atoms with Gasteiger partial charge in [0.05, 0.1) is 0 Å². The lowest BCUT2D eigenvalue weighted by Gasteiger charge is -2.13. The molecule has 0 aliphatic carbocycles. The Balaban J connectivity index is 2.61. The molecule has 1 N–H and O–H groups in total. The fourth-order valence-corrected chi connectivity index (χ4v) is 1.74. The number of pyridine rings is 1. The summed E-state index contributed by atoms with van der Waals surface area (Å²) in [5, 5.41) is 13.6. The number of ether oxygens (including phenoxy) is 1. The molecule has 0 radical (unpaired) electrons. The van der Waals surface area contributed by atoms with Crippen LogP contribution >= 0.6 is 0 Å². The molecule has 0 aromatic carbocycles. The molecular weight excluding hydrogens is 262 g/mol. The Labute approximate surface area is 117 Å². The van der Waals surface area contributed by atoms with Crippen LogP contribution in [0.1, 0.15) is 32.4 Å². The van der Waals surface area contributed by atoms with Crippen LogP contribution < -0.4 is 10.1 Å². The molecule has 0 bridgehead atoms. The number of nitro groups is 1. The molecule has 0 saturated carbocycles. The fourth-order valence-electron chi connectivity index (χ4n) is 1.74. The van der Waals surface area contributed by atoms with Crippen LogP contribution in [0.15, 0.2) is 12.1 Å². The highest BCUT2D eigenvalue weighted by Crippen LogP contribution is 2.24. The average Bonchev–Trinajstić information content (AvgIpc) is 2.37. The summed E-state index contributed by atoms with van der Waals surface area (Å²) < 4.78 is 5.18. The van der Waals surface area contributed by atoms with Crippen LogP contribution in [0.5, 0.6) is 5.75 Å². The van der Waals surface area contributed by atoms with E-state index in [0.29, 0.717) is 5.69 Å². The Bertz CT molecular complexity index is 491. The van der Waals surface area contributed by atoms with Crippen LogP contribution in [0, 0.1) is 17.0 Å². The Kier molecular flexibility index (Phi) is 5.89. The molecule has 7 nitrogen and oxygen atoms in total. The summed E-state index contributed by atoms with van der Waals surface area (Å²) in [6.07, 6.45) is 1.84. The Morgan fingerprint density at radius 2 is 2.25 bits per heavy atom. The molecular formula is C13H19N3O4. The van der Waals surface area contributed by atoms with Crippen molar-refractivity contribution in [1.29, 1.82) is 0 Å². The van der Waals surface area contributed by atoms with Crippen molar-refractivity contribution in [3.63, 3.8) is 0 Å². The summed E-state index contributed by atoms with van der Waals surface area (Å²) >= 11 is 0. The van der Waals surface area contributed by atoms with Gasteiger partial charge in [0.25, 0.3) is 5.91 Å². The molecule has 0 aliphatic heterocycles. The molecule has 0 unspecified atom stereocenters. The summed E-state index contributed by atoms with van der Waals surface area (Å²) in [6.45, 7) is 5.31. The topological polar surface area (TPSA) is 94.4 Å². The Morgan fingerprint density at radius 3 is 2.85 bits per heavy atom. The van der Waals surface area contributed by atoms with Gasteiger partial charge in [-0.2, -0.15) is 0 Å². The van der Waals surface area contributed by atoms with Gasteiger partial charge in [-0.25, -0.2) is 0 Å². The van der Waals surface area contributed by atoms with Gasteiger partial charge in [0.1, 0.15) is 5.69 Å². The zero-order chi connectivity index (χ0) is 15.1. The molecule has 1 rings (SSSR count). The largest absolute Gasteiger partial charge is 0.476 e. The average molecular weight is 281 g/mol. The summed E-state index contributed by atoms with van der Waals surface area (Å²) in [6, 6.07) is 3.10. The van der Waals surface area contributed by atoms with Crippen molar-refractivity contribution in [2.24, 2.45) is 0 Å². The van der Waals surface area contributed by atoms with Gasteiger partial charge in [0.15, 0.2) is 6.61 Å². The Hall–Kier alpha value is -2.18. The SMILES string of the molecule is CCC[C@H](C)NC(=O)COc1ccc(C)nc1[N+](=O)[O-]. The highest BCUT2D eigenvalue weighted by atomic mass is 16.6. The van der Waals surface area contributed by atoms with Crippen molar-refractivity contribution in [2.75, 3.05) is 6.61 Å². The monoisotopic (exact) mass is 281 g/mol. The van der Waals surface area contributed by atoms with Gasteiger partial charge in [0, 0.05) is 13.0 Å². The maximum absolute atomic E-state index is 11.6. The second-order valence-electron chi connectivity index (χ2n) is 4.58. The van der Waals surface area contributed by atoms with E-state index in [0.717, 1.165) is 12.8 Å². The third-order valence-corrected chi connectivity index (χ3v) is 2.64. The molecule has 110 valence electrons. The maximum atomic E-state index is 11.6. The van der Waals surface area contributed by atoms with Crippen LogP contribution in [0.4, 0.5) is 5.82 Å². The van der Waals surface area contributed by atoms with E-state index in [1.165, 1.54) is 6.07 Å². The molecule has 7 heteroatoms. The van der Waals surface area contributed by atoms with Crippen LogP contribution in [0.2, 0.25) is 0 Å². The lowest BCUT2D eigenvalue weighted by Crippen LogP contribution is -2.36. The summed E-state index contributed by atoms with van der Waals surface area (Å²) in [5.74, 6) is -0.681. The number of aromatic nitrogens is 1. The minimum atomic E-state index is -0.625. The molecule has 0 aliphatic rings. The van der Waals surface area contributed by atoms with E-state index >= 15 is 0 Å². The quantitative estimate of drug-likeness (QED) is 0.609. The predicted octanol–water partition coefficient (Wildman–Crippen LogP) is 1.98. The standard InChI is InChI=1S/C13H19N3O4/c1-4-5-9(2)14-12(17)8-20-11-7-6-10(3)15-13(11)16(18)19/h6-7,9H,4-5,8H2,1-3H3,(H,14,17)/t9-/m0/s1. The van der Waals surface area contributed by atoms with Crippen LogP contribution in [-0.2, 0) is 4.79 Å². The molecule has 1 atom stereocenters. The second-order valence-corrected chi connectivity index (χ2v) is 4.58. The smallest absolute Gasteiger partial charge is 0.406 e. The number of amides is 1. The van der Waals surface area contributed by atoms with Gasteiger partial charge in [-0.3, -0.25) is 4.79 Å². The van der Waals surface area contributed by atoms with E-state index < -0.39 is 4.92 Å². The van der Waals surface area contributed by atoms with E-state index in [4.69, 9.17) is 4.74 Å². The molecule has 1 aromatic rings. The summed E-state index contributed by atoms with van der Waals surface area (Å²) in [7, 11) is 0. The molecule has 0 spiro atoms. The van der Waals surface area contributed by atoms with Gasteiger partial charge in [-0.15, -0.1) is 0 Å². The highest BCUT2D eigenvalue weighted by molar-refractivity contribution is 5.77. The number of carbonyl (C=O) groups excluding carboxylic acids is 1. The first-order valence-corrected chi connectivity index (χ1v) is 6.48. The van der Waals surface area contributed by atoms with E-state index in [1.54, 1.807) is 13.0 Å². The Morgan fingerprint density at radius 1 is 1.55 bits per heavy atom. The number of nitrogens with zero attached hydrogens (tertiary/aromatic N) is 2. The normalized spacial score (nSPS) is 11.8. The highest BCUT2D eigenvalue weighted by Gasteiger charge is 2.18. The number of nitrogens with one attached hydrogen (secondary N) is 1. The summed E-state index contributed by atoms with van der Waals surface area (Å²) in [4.78, 5) is 25.6. The van der Waals surface area contributed by atoms with Gasteiger partial charge in [-0.05, 0) is 35.4 Å². The van der Waals surface area contributed by atoms with E-state index in [9.17, 15) is 14.9 Å².